The van der Waals surface area contributed by atoms with Gasteiger partial charge in [0.15, 0.2) is 0 Å². The lowest BCUT2D eigenvalue weighted by Crippen LogP contribution is -2.61. The molecule has 2 aromatic carbocycles. The van der Waals surface area contributed by atoms with Gasteiger partial charge in [0.25, 0.3) is 0 Å². The SMILES string of the molecule is CN1CCC[C@@]2(C)c3cc(O)ccc3C[C@@H]1[C@@H]2NC(=O)CCC(=O)Nc1ccc(F)cc1F. The lowest BCUT2D eigenvalue weighted by Gasteiger charge is -2.48. The third-order valence-corrected chi connectivity index (χ3v) is 7.08. The van der Waals surface area contributed by atoms with Crippen LogP contribution in [-0.2, 0) is 21.4 Å². The first-order valence-electron chi connectivity index (χ1n) is 11.2. The number of hydrogen-bond acceptors (Lipinski definition) is 4. The summed E-state index contributed by atoms with van der Waals surface area (Å²) < 4.78 is 26.8. The molecule has 0 unspecified atom stereocenters. The van der Waals surface area contributed by atoms with Crippen LogP contribution in [0.1, 0.15) is 43.7 Å². The number of nitrogens with zero attached hydrogens (tertiary/aromatic N) is 1. The van der Waals surface area contributed by atoms with Gasteiger partial charge >= 0.3 is 0 Å². The van der Waals surface area contributed by atoms with Gasteiger partial charge in [0.2, 0.25) is 11.8 Å². The quantitative estimate of drug-likeness (QED) is 0.642. The molecule has 3 N–H and O–H groups in total. The van der Waals surface area contributed by atoms with Crippen LogP contribution in [-0.4, -0.2) is 47.5 Å². The van der Waals surface area contributed by atoms with Gasteiger partial charge in [-0.05, 0) is 68.2 Å². The lowest BCUT2D eigenvalue weighted by molar-refractivity contribution is -0.125. The third-order valence-electron chi connectivity index (χ3n) is 7.08. The van der Waals surface area contributed by atoms with Crippen molar-refractivity contribution in [1.29, 1.82) is 0 Å². The molecule has 2 bridgehead atoms. The summed E-state index contributed by atoms with van der Waals surface area (Å²) in [6.07, 6.45) is 2.42. The first-order chi connectivity index (χ1) is 15.7. The number of likely N-dealkylation sites (N-methyl/N-ethyl adjacent to an activating group) is 1. The molecule has 33 heavy (non-hydrogen) atoms. The van der Waals surface area contributed by atoms with E-state index in [2.05, 4.69) is 29.5 Å². The van der Waals surface area contributed by atoms with E-state index < -0.39 is 17.5 Å². The topological polar surface area (TPSA) is 81.7 Å². The van der Waals surface area contributed by atoms with Gasteiger partial charge in [-0.1, -0.05) is 13.0 Å². The highest BCUT2D eigenvalue weighted by molar-refractivity contribution is 5.93. The molecule has 1 saturated heterocycles. The predicted molar refractivity (Wildman–Crippen MR) is 121 cm³/mol. The number of benzene rings is 2. The van der Waals surface area contributed by atoms with E-state index in [0.29, 0.717) is 6.07 Å². The molecule has 0 radical (unpaired) electrons. The number of carbonyl (C=O) groups excluding carboxylic acids is 2. The molecule has 2 aliphatic rings. The summed E-state index contributed by atoms with van der Waals surface area (Å²) in [5, 5.41) is 15.6. The van der Waals surface area contributed by atoms with Crippen LogP contribution in [0.5, 0.6) is 5.75 Å². The summed E-state index contributed by atoms with van der Waals surface area (Å²) in [5.74, 6) is -2.16. The minimum atomic E-state index is -0.864. The van der Waals surface area contributed by atoms with E-state index in [-0.39, 0.29) is 47.7 Å². The summed E-state index contributed by atoms with van der Waals surface area (Å²) in [7, 11) is 2.06. The number of hydrogen-bond donors (Lipinski definition) is 3. The van der Waals surface area contributed by atoms with Gasteiger partial charge in [-0.15, -0.1) is 0 Å². The van der Waals surface area contributed by atoms with Gasteiger partial charge in [0, 0.05) is 30.4 Å². The molecule has 1 fully saturated rings. The van der Waals surface area contributed by atoms with Crippen LogP contribution in [0.4, 0.5) is 14.5 Å². The van der Waals surface area contributed by atoms with Crippen molar-refractivity contribution in [2.75, 3.05) is 18.9 Å². The molecule has 0 spiro atoms. The van der Waals surface area contributed by atoms with E-state index in [1.54, 1.807) is 12.1 Å². The van der Waals surface area contributed by atoms with Crippen LogP contribution >= 0.6 is 0 Å². The number of amides is 2. The number of phenolic OH excluding ortho intramolecular Hbond substituents is 1. The fourth-order valence-electron chi connectivity index (χ4n) is 5.30. The smallest absolute Gasteiger partial charge is 0.224 e. The molecule has 1 heterocycles. The zero-order valence-electron chi connectivity index (χ0n) is 18.8. The number of halogens is 2. The van der Waals surface area contributed by atoms with Crippen LogP contribution in [0.15, 0.2) is 36.4 Å². The lowest BCUT2D eigenvalue weighted by atomic mass is 9.64. The molecule has 2 aromatic rings. The zero-order valence-corrected chi connectivity index (χ0v) is 18.8. The number of nitrogens with one attached hydrogen (secondary N) is 2. The highest BCUT2D eigenvalue weighted by atomic mass is 19.1. The van der Waals surface area contributed by atoms with Gasteiger partial charge in [-0.25, -0.2) is 8.78 Å². The molecule has 2 amide bonds. The average molecular weight is 458 g/mol. The number of phenols is 1. The Kier molecular flexibility index (Phi) is 6.38. The number of likely N-dealkylation sites (tertiary alicyclic amines) is 1. The monoisotopic (exact) mass is 457 g/mol. The van der Waals surface area contributed by atoms with Gasteiger partial charge < -0.3 is 20.6 Å². The Labute approximate surface area is 192 Å². The fourth-order valence-corrected chi connectivity index (χ4v) is 5.30. The number of aromatic hydroxyl groups is 1. The van der Waals surface area contributed by atoms with Crippen molar-refractivity contribution >= 4 is 17.5 Å². The Morgan fingerprint density at radius 1 is 1.15 bits per heavy atom. The summed E-state index contributed by atoms with van der Waals surface area (Å²) >= 11 is 0. The van der Waals surface area contributed by atoms with E-state index in [1.807, 2.05) is 6.07 Å². The van der Waals surface area contributed by atoms with Crippen LogP contribution < -0.4 is 10.6 Å². The number of rotatable bonds is 5. The van der Waals surface area contributed by atoms with Crippen molar-refractivity contribution in [3.8, 4) is 5.75 Å². The van der Waals surface area contributed by atoms with Crippen LogP contribution in [0.25, 0.3) is 0 Å². The highest BCUT2D eigenvalue weighted by Gasteiger charge is 2.48. The predicted octanol–water partition coefficient (Wildman–Crippen LogP) is 3.48. The third kappa shape index (κ3) is 4.71. The van der Waals surface area contributed by atoms with E-state index >= 15 is 0 Å². The maximum absolute atomic E-state index is 13.8. The van der Waals surface area contributed by atoms with Crippen molar-refractivity contribution in [2.24, 2.45) is 0 Å². The maximum Gasteiger partial charge on any atom is 0.224 e. The number of carbonyl (C=O) groups is 2. The maximum atomic E-state index is 13.8. The second kappa shape index (κ2) is 9.09. The standard InChI is InChI=1S/C25H29F2N3O3/c1-25-10-3-11-30(2)21(12-15-4-6-17(31)14-18(15)25)24(25)29-23(33)9-8-22(32)28-20-7-5-16(26)13-19(20)27/h4-7,13-14,21,24,31H,3,8-12H2,1-2H3,(H,28,32)(H,29,33)/t21-,24+,25+/m1/s1. The number of anilines is 1. The first kappa shape index (κ1) is 23.2. The normalized spacial score (nSPS) is 24.5. The second-order valence-electron chi connectivity index (χ2n) is 9.33. The van der Waals surface area contributed by atoms with E-state index in [4.69, 9.17) is 0 Å². The number of fused-ring (bicyclic) bond motifs is 4. The van der Waals surface area contributed by atoms with Crippen LogP contribution in [0, 0.1) is 11.6 Å². The molecule has 1 aliphatic heterocycles. The second-order valence-corrected chi connectivity index (χ2v) is 9.33. The van der Waals surface area contributed by atoms with Gasteiger partial charge in [-0.3, -0.25) is 9.59 Å². The Hall–Kier alpha value is -3.00. The van der Waals surface area contributed by atoms with Crippen molar-refractivity contribution in [3.63, 3.8) is 0 Å². The van der Waals surface area contributed by atoms with E-state index in [9.17, 15) is 23.5 Å². The van der Waals surface area contributed by atoms with Crippen LogP contribution in [0.2, 0.25) is 0 Å². The van der Waals surface area contributed by atoms with E-state index in [0.717, 1.165) is 43.5 Å². The van der Waals surface area contributed by atoms with Crippen LogP contribution in [0.3, 0.4) is 0 Å². The molecule has 0 aromatic heterocycles. The molecule has 8 heteroatoms. The first-order valence-corrected chi connectivity index (χ1v) is 11.2. The Balaban J connectivity index is 1.45. The summed E-state index contributed by atoms with van der Waals surface area (Å²) in [5.41, 5.74) is 1.77. The Morgan fingerprint density at radius 3 is 2.67 bits per heavy atom. The molecular formula is C25H29F2N3O3. The van der Waals surface area contributed by atoms with Crippen molar-refractivity contribution in [3.05, 3.63) is 59.2 Å². The molecule has 6 nitrogen and oxygen atoms in total. The van der Waals surface area contributed by atoms with E-state index in [1.165, 1.54) is 5.56 Å². The molecule has 3 atom stereocenters. The minimum Gasteiger partial charge on any atom is -0.508 e. The van der Waals surface area contributed by atoms with Crippen molar-refractivity contribution in [1.82, 2.24) is 10.2 Å². The summed E-state index contributed by atoms with van der Waals surface area (Å²) in [6.45, 7) is 3.05. The van der Waals surface area contributed by atoms with Gasteiger partial charge in [0.05, 0.1) is 11.7 Å². The Morgan fingerprint density at radius 2 is 1.91 bits per heavy atom. The van der Waals surface area contributed by atoms with Crippen molar-refractivity contribution in [2.45, 2.75) is 56.5 Å². The molecule has 1 aliphatic carbocycles. The fraction of sp³-hybridized carbons (Fsp3) is 0.440. The molecule has 176 valence electrons. The largest absolute Gasteiger partial charge is 0.508 e. The molecule has 0 saturated carbocycles. The van der Waals surface area contributed by atoms with Crippen molar-refractivity contribution < 1.29 is 23.5 Å². The summed E-state index contributed by atoms with van der Waals surface area (Å²) in [4.78, 5) is 27.4. The Bertz CT molecular complexity index is 1080. The summed E-state index contributed by atoms with van der Waals surface area (Å²) in [6, 6.07) is 8.30. The van der Waals surface area contributed by atoms with Gasteiger partial charge in [-0.2, -0.15) is 0 Å². The average Bonchev–Trinajstić information content (AvgIpc) is 2.83. The zero-order chi connectivity index (χ0) is 23.8. The highest BCUT2D eigenvalue weighted by Crippen LogP contribution is 2.45. The molecule has 4 rings (SSSR count). The minimum absolute atomic E-state index is 0.0510. The van der Waals surface area contributed by atoms with Gasteiger partial charge in [0.1, 0.15) is 17.4 Å². The molecular weight excluding hydrogens is 428 g/mol.